The quantitative estimate of drug-likeness (QED) is 0.856. The summed E-state index contributed by atoms with van der Waals surface area (Å²) in [5.74, 6) is -0.922. The molecule has 0 aliphatic heterocycles. The van der Waals surface area contributed by atoms with E-state index in [4.69, 9.17) is 5.11 Å². The molecule has 2 rings (SSSR count). The zero-order valence-corrected chi connectivity index (χ0v) is 10.8. The van der Waals surface area contributed by atoms with Crippen LogP contribution in [-0.2, 0) is 16.8 Å². The Bertz CT molecular complexity index is 611. The molecule has 0 aromatic heterocycles. The standard InChI is InChI=1S/C14H11NO3.Co/c16-13-8-4-1-5-10(13)9-15-12-7-3-2-6-11(12)14(17)18;/h1-9,16H,(H,17,18);. The van der Waals surface area contributed by atoms with Gasteiger partial charge in [0.05, 0.1) is 11.3 Å². The summed E-state index contributed by atoms with van der Waals surface area (Å²) in [5.41, 5.74) is 1.02. The van der Waals surface area contributed by atoms with Crippen LogP contribution >= 0.6 is 0 Å². The zero-order chi connectivity index (χ0) is 13.0. The number of hydrogen-bond donors (Lipinski definition) is 2. The van der Waals surface area contributed by atoms with Crippen LogP contribution in [0.25, 0.3) is 0 Å². The Hall–Kier alpha value is -2.11. The summed E-state index contributed by atoms with van der Waals surface area (Å²) < 4.78 is 0. The van der Waals surface area contributed by atoms with Crippen molar-refractivity contribution >= 4 is 17.9 Å². The summed E-state index contributed by atoms with van der Waals surface area (Å²) in [6, 6.07) is 13.2. The summed E-state index contributed by atoms with van der Waals surface area (Å²) in [7, 11) is 0. The number of phenols is 1. The second-order valence-electron chi connectivity index (χ2n) is 3.64. The maximum absolute atomic E-state index is 11.0. The Balaban J connectivity index is 0.00000180. The topological polar surface area (TPSA) is 69.9 Å². The molecule has 1 radical (unpaired) electrons. The normalized spacial score (nSPS) is 10.1. The summed E-state index contributed by atoms with van der Waals surface area (Å²) in [4.78, 5) is 15.1. The minimum atomic E-state index is -1.03. The smallest absolute Gasteiger partial charge is 0.337 e. The molecule has 0 aliphatic rings. The first-order valence-electron chi connectivity index (χ1n) is 5.33. The van der Waals surface area contributed by atoms with Crippen molar-refractivity contribution < 1.29 is 31.8 Å². The van der Waals surface area contributed by atoms with Crippen LogP contribution in [0.1, 0.15) is 15.9 Å². The summed E-state index contributed by atoms with van der Waals surface area (Å²) in [6.45, 7) is 0. The molecular weight excluding hydrogens is 289 g/mol. The van der Waals surface area contributed by atoms with Crippen LogP contribution in [0.4, 0.5) is 5.69 Å². The SMILES string of the molecule is O=C(O)c1ccccc1N=Cc1ccccc1O.[Co]. The molecule has 0 saturated heterocycles. The third kappa shape index (κ3) is 3.67. The van der Waals surface area contributed by atoms with Gasteiger partial charge in [-0.25, -0.2) is 4.79 Å². The number of hydrogen-bond acceptors (Lipinski definition) is 3. The molecule has 0 fully saturated rings. The molecule has 5 heteroatoms. The summed E-state index contributed by atoms with van der Waals surface area (Å²) in [5, 5.41) is 18.6. The molecule has 0 unspecified atom stereocenters. The van der Waals surface area contributed by atoms with E-state index >= 15 is 0 Å². The van der Waals surface area contributed by atoms with Gasteiger partial charge in [-0.1, -0.05) is 24.3 Å². The molecule has 0 amide bonds. The molecule has 4 nitrogen and oxygen atoms in total. The molecule has 0 aliphatic carbocycles. The van der Waals surface area contributed by atoms with Crippen molar-refractivity contribution in [2.24, 2.45) is 4.99 Å². The number of aromatic hydroxyl groups is 1. The van der Waals surface area contributed by atoms with Crippen LogP contribution in [0.15, 0.2) is 53.5 Å². The van der Waals surface area contributed by atoms with Crippen molar-refractivity contribution in [3.05, 3.63) is 59.7 Å². The number of carbonyl (C=O) groups is 1. The van der Waals surface area contributed by atoms with Gasteiger partial charge in [-0.3, -0.25) is 4.99 Å². The Kier molecular flexibility index (Phi) is 5.29. The fourth-order valence-corrected chi connectivity index (χ4v) is 1.50. The molecule has 2 N–H and O–H groups in total. The molecule has 19 heavy (non-hydrogen) atoms. The van der Waals surface area contributed by atoms with E-state index in [2.05, 4.69) is 4.99 Å². The van der Waals surface area contributed by atoms with Crippen molar-refractivity contribution in [2.75, 3.05) is 0 Å². The number of aliphatic imine (C=N–C) groups is 1. The molecule has 0 heterocycles. The fourth-order valence-electron chi connectivity index (χ4n) is 1.50. The van der Waals surface area contributed by atoms with E-state index in [0.29, 0.717) is 11.3 Å². The fraction of sp³-hybridized carbons (Fsp3) is 0. The van der Waals surface area contributed by atoms with Crippen molar-refractivity contribution in [1.29, 1.82) is 0 Å². The van der Waals surface area contributed by atoms with E-state index in [1.54, 1.807) is 42.5 Å². The predicted octanol–water partition coefficient (Wildman–Crippen LogP) is 2.84. The molecule has 2 aromatic rings. The van der Waals surface area contributed by atoms with E-state index in [9.17, 15) is 9.90 Å². The van der Waals surface area contributed by atoms with Crippen molar-refractivity contribution in [2.45, 2.75) is 0 Å². The van der Waals surface area contributed by atoms with Crippen LogP contribution < -0.4 is 0 Å². The maximum Gasteiger partial charge on any atom is 0.337 e. The largest absolute Gasteiger partial charge is 0.507 e. The maximum atomic E-state index is 11.0. The number of rotatable bonds is 3. The number of carboxylic acid groups (broad SMARTS) is 1. The Labute approximate surface area is 120 Å². The van der Waals surface area contributed by atoms with Crippen LogP contribution in [0, 0.1) is 0 Å². The van der Waals surface area contributed by atoms with Gasteiger partial charge in [0, 0.05) is 28.6 Å². The monoisotopic (exact) mass is 300 g/mol. The van der Waals surface area contributed by atoms with Gasteiger partial charge in [-0.15, -0.1) is 0 Å². The molecule has 0 saturated carbocycles. The average molecular weight is 300 g/mol. The molecule has 99 valence electrons. The van der Waals surface area contributed by atoms with Gasteiger partial charge in [0.1, 0.15) is 5.75 Å². The van der Waals surface area contributed by atoms with E-state index in [-0.39, 0.29) is 28.1 Å². The van der Waals surface area contributed by atoms with E-state index in [1.807, 2.05) is 0 Å². The van der Waals surface area contributed by atoms with Crippen LogP contribution in [0.5, 0.6) is 5.75 Å². The van der Waals surface area contributed by atoms with Gasteiger partial charge < -0.3 is 10.2 Å². The average Bonchev–Trinajstić information content (AvgIpc) is 2.38. The van der Waals surface area contributed by atoms with Gasteiger partial charge in [0.2, 0.25) is 0 Å². The third-order valence-electron chi connectivity index (χ3n) is 2.41. The van der Waals surface area contributed by atoms with Gasteiger partial charge in [-0.05, 0) is 24.3 Å². The Morgan fingerprint density at radius 3 is 2.37 bits per heavy atom. The number of phenolic OH excluding ortho intramolecular Hbond substituents is 1. The molecule has 0 bridgehead atoms. The van der Waals surface area contributed by atoms with E-state index in [0.717, 1.165) is 0 Å². The van der Waals surface area contributed by atoms with E-state index in [1.165, 1.54) is 12.3 Å². The second kappa shape index (κ2) is 6.72. The minimum absolute atomic E-state index is 0. The summed E-state index contributed by atoms with van der Waals surface area (Å²) >= 11 is 0. The molecule has 0 atom stereocenters. The second-order valence-corrected chi connectivity index (χ2v) is 3.64. The molecule has 0 spiro atoms. The zero-order valence-electron chi connectivity index (χ0n) is 9.78. The number of para-hydroxylation sites is 2. The van der Waals surface area contributed by atoms with Crippen molar-refractivity contribution in [3.8, 4) is 5.75 Å². The first-order chi connectivity index (χ1) is 8.68. The predicted molar refractivity (Wildman–Crippen MR) is 68.8 cm³/mol. The van der Waals surface area contributed by atoms with Gasteiger partial charge >= 0.3 is 5.97 Å². The number of carboxylic acids is 1. The van der Waals surface area contributed by atoms with Crippen LogP contribution in [-0.4, -0.2) is 22.4 Å². The number of nitrogens with zero attached hydrogens (tertiary/aromatic N) is 1. The minimum Gasteiger partial charge on any atom is -0.507 e. The Morgan fingerprint density at radius 1 is 1.05 bits per heavy atom. The molecule has 2 aromatic carbocycles. The molecular formula is C14H11CoNO3. The first-order valence-corrected chi connectivity index (χ1v) is 5.33. The van der Waals surface area contributed by atoms with Gasteiger partial charge in [0.25, 0.3) is 0 Å². The van der Waals surface area contributed by atoms with Crippen molar-refractivity contribution in [1.82, 2.24) is 0 Å². The first kappa shape index (κ1) is 14.9. The van der Waals surface area contributed by atoms with Crippen LogP contribution in [0.2, 0.25) is 0 Å². The number of benzene rings is 2. The third-order valence-corrected chi connectivity index (χ3v) is 2.41. The van der Waals surface area contributed by atoms with Crippen LogP contribution in [0.3, 0.4) is 0 Å². The van der Waals surface area contributed by atoms with E-state index < -0.39 is 5.97 Å². The number of aromatic carboxylic acids is 1. The Morgan fingerprint density at radius 2 is 1.68 bits per heavy atom. The summed E-state index contributed by atoms with van der Waals surface area (Å²) in [6.07, 6.45) is 1.44. The van der Waals surface area contributed by atoms with Gasteiger partial charge in [-0.2, -0.15) is 0 Å². The van der Waals surface area contributed by atoms with Gasteiger partial charge in [0.15, 0.2) is 0 Å². The van der Waals surface area contributed by atoms with Crippen molar-refractivity contribution in [3.63, 3.8) is 0 Å².